The standard InChI is InChI=1S/C15H22N2O2S/c1-12(10-16)11-17(5)20(18,19)14-8-6-13(7-9-14)15(2,3)4/h6-9,12H,11H2,1-5H3. The number of hydrogen-bond donors (Lipinski definition) is 0. The van der Waals surface area contributed by atoms with Crippen LogP contribution >= 0.6 is 0 Å². The van der Waals surface area contributed by atoms with Crippen LogP contribution in [0.5, 0.6) is 0 Å². The maximum absolute atomic E-state index is 12.4. The molecule has 0 aromatic heterocycles. The summed E-state index contributed by atoms with van der Waals surface area (Å²) in [6.07, 6.45) is 0. The normalized spacial score (nSPS) is 14.1. The lowest BCUT2D eigenvalue weighted by molar-refractivity contribution is 0.439. The van der Waals surface area contributed by atoms with E-state index in [2.05, 4.69) is 20.8 Å². The molecule has 0 aliphatic heterocycles. The molecule has 1 rings (SSSR count). The molecule has 0 heterocycles. The molecule has 5 heteroatoms. The zero-order chi connectivity index (χ0) is 15.6. The maximum atomic E-state index is 12.4. The average molecular weight is 294 g/mol. The number of nitrogens with zero attached hydrogens (tertiary/aromatic N) is 2. The fourth-order valence-corrected chi connectivity index (χ4v) is 3.09. The molecule has 0 bridgehead atoms. The second kappa shape index (κ2) is 5.94. The van der Waals surface area contributed by atoms with E-state index in [9.17, 15) is 8.42 Å². The Labute approximate surface area is 122 Å². The van der Waals surface area contributed by atoms with Crippen LogP contribution in [0.3, 0.4) is 0 Å². The van der Waals surface area contributed by atoms with E-state index in [1.54, 1.807) is 19.1 Å². The van der Waals surface area contributed by atoms with E-state index in [0.29, 0.717) is 0 Å². The van der Waals surface area contributed by atoms with Crippen molar-refractivity contribution in [2.24, 2.45) is 5.92 Å². The van der Waals surface area contributed by atoms with Gasteiger partial charge in [-0.3, -0.25) is 0 Å². The minimum absolute atomic E-state index is 0.0104. The van der Waals surface area contributed by atoms with Crippen molar-refractivity contribution >= 4 is 10.0 Å². The first-order valence-corrected chi connectivity index (χ1v) is 7.99. The Balaban J connectivity index is 3.02. The highest BCUT2D eigenvalue weighted by Crippen LogP contribution is 2.24. The van der Waals surface area contributed by atoms with Gasteiger partial charge in [0, 0.05) is 13.6 Å². The van der Waals surface area contributed by atoms with E-state index in [4.69, 9.17) is 5.26 Å². The zero-order valence-electron chi connectivity index (χ0n) is 12.7. The number of rotatable bonds is 4. The van der Waals surface area contributed by atoms with Crippen molar-refractivity contribution in [1.29, 1.82) is 5.26 Å². The summed E-state index contributed by atoms with van der Waals surface area (Å²) in [7, 11) is -2.02. The van der Waals surface area contributed by atoms with Gasteiger partial charge in [0.05, 0.1) is 16.9 Å². The van der Waals surface area contributed by atoms with Crippen molar-refractivity contribution in [3.05, 3.63) is 29.8 Å². The van der Waals surface area contributed by atoms with Crippen molar-refractivity contribution in [3.8, 4) is 6.07 Å². The van der Waals surface area contributed by atoms with E-state index in [0.717, 1.165) is 5.56 Å². The molecule has 0 radical (unpaired) electrons. The third-order valence-corrected chi connectivity index (χ3v) is 5.02. The summed E-state index contributed by atoms with van der Waals surface area (Å²) in [6, 6.07) is 8.98. The smallest absolute Gasteiger partial charge is 0.207 e. The van der Waals surface area contributed by atoms with Gasteiger partial charge in [-0.2, -0.15) is 9.57 Å². The molecule has 1 aromatic rings. The lowest BCUT2D eigenvalue weighted by atomic mass is 9.87. The molecular weight excluding hydrogens is 272 g/mol. The van der Waals surface area contributed by atoms with Crippen molar-refractivity contribution in [1.82, 2.24) is 4.31 Å². The fourth-order valence-electron chi connectivity index (χ4n) is 1.83. The minimum Gasteiger partial charge on any atom is -0.207 e. The Morgan fingerprint density at radius 1 is 1.25 bits per heavy atom. The van der Waals surface area contributed by atoms with Gasteiger partial charge in [-0.1, -0.05) is 32.9 Å². The monoisotopic (exact) mass is 294 g/mol. The molecule has 0 aliphatic carbocycles. The average Bonchev–Trinajstić information content (AvgIpc) is 2.37. The molecule has 110 valence electrons. The van der Waals surface area contributed by atoms with Crippen LogP contribution in [0, 0.1) is 17.2 Å². The molecule has 0 saturated heterocycles. The summed E-state index contributed by atoms with van der Waals surface area (Å²) >= 11 is 0. The van der Waals surface area contributed by atoms with Crippen LogP contribution in [0.1, 0.15) is 33.3 Å². The van der Waals surface area contributed by atoms with Crippen molar-refractivity contribution in [3.63, 3.8) is 0 Å². The van der Waals surface area contributed by atoms with Crippen LogP contribution in [0.4, 0.5) is 0 Å². The van der Waals surface area contributed by atoms with Crippen LogP contribution in [0.25, 0.3) is 0 Å². The summed E-state index contributed by atoms with van der Waals surface area (Å²) in [5, 5.41) is 8.77. The molecular formula is C15H22N2O2S. The zero-order valence-corrected chi connectivity index (χ0v) is 13.5. The van der Waals surface area contributed by atoms with Crippen LogP contribution in [0.15, 0.2) is 29.2 Å². The van der Waals surface area contributed by atoms with E-state index in [-0.39, 0.29) is 22.8 Å². The van der Waals surface area contributed by atoms with Crippen LogP contribution in [-0.4, -0.2) is 26.3 Å². The first-order valence-electron chi connectivity index (χ1n) is 6.55. The summed E-state index contributed by atoms with van der Waals surface area (Å²) in [4.78, 5) is 0.262. The van der Waals surface area contributed by atoms with Gasteiger partial charge >= 0.3 is 0 Å². The summed E-state index contributed by atoms with van der Waals surface area (Å²) in [5.41, 5.74) is 1.08. The quantitative estimate of drug-likeness (QED) is 0.858. The van der Waals surface area contributed by atoms with E-state index < -0.39 is 10.0 Å². The number of hydrogen-bond acceptors (Lipinski definition) is 3. The van der Waals surface area contributed by atoms with Crippen molar-refractivity contribution in [2.45, 2.75) is 38.0 Å². The summed E-state index contributed by atoms with van der Waals surface area (Å²) < 4.78 is 26.0. The predicted molar refractivity (Wildman–Crippen MR) is 79.7 cm³/mol. The third-order valence-electron chi connectivity index (χ3n) is 3.18. The van der Waals surface area contributed by atoms with Crippen molar-refractivity contribution in [2.75, 3.05) is 13.6 Å². The third kappa shape index (κ3) is 3.81. The molecule has 1 atom stereocenters. The highest BCUT2D eigenvalue weighted by Gasteiger charge is 2.23. The van der Waals surface area contributed by atoms with E-state index in [1.165, 1.54) is 11.4 Å². The summed E-state index contributed by atoms with van der Waals surface area (Å²) in [6.45, 7) is 8.14. The lowest BCUT2D eigenvalue weighted by Crippen LogP contribution is -2.30. The van der Waals surface area contributed by atoms with Crippen LogP contribution < -0.4 is 0 Å². The van der Waals surface area contributed by atoms with Gasteiger partial charge in [0.1, 0.15) is 0 Å². The molecule has 1 unspecified atom stereocenters. The van der Waals surface area contributed by atoms with E-state index in [1.807, 2.05) is 18.2 Å². The van der Waals surface area contributed by atoms with Crippen LogP contribution in [0.2, 0.25) is 0 Å². The topological polar surface area (TPSA) is 61.2 Å². The Hall–Kier alpha value is -1.38. The highest BCUT2D eigenvalue weighted by atomic mass is 32.2. The highest BCUT2D eigenvalue weighted by molar-refractivity contribution is 7.89. The largest absolute Gasteiger partial charge is 0.242 e. The molecule has 1 aromatic carbocycles. The minimum atomic E-state index is -3.52. The van der Waals surface area contributed by atoms with Gasteiger partial charge in [0.25, 0.3) is 0 Å². The Kier molecular flexibility index (Phi) is 4.95. The van der Waals surface area contributed by atoms with Gasteiger partial charge in [-0.15, -0.1) is 0 Å². The van der Waals surface area contributed by atoms with Gasteiger partial charge < -0.3 is 0 Å². The molecule has 0 aliphatic rings. The summed E-state index contributed by atoms with van der Waals surface area (Å²) in [5.74, 6) is -0.330. The van der Waals surface area contributed by atoms with Gasteiger partial charge in [0.2, 0.25) is 10.0 Å². The molecule has 20 heavy (non-hydrogen) atoms. The first kappa shape index (κ1) is 16.7. The van der Waals surface area contributed by atoms with Gasteiger partial charge in [-0.25, -0.2) is 8.42 Å². The maximum Gasteiger partial charge on any atom is 0.242 e. The first-order chi connectivity index (χ1) is 9.09. The number of benzene rings is 1. The van der Waals surface area contributed by atoms with Crippen molar-refractivity contribution < 1.29 is 8.42 Å². The Morgan fingerprint density at radius 2 is 1.75 bits per heavy atom. The van der Waals surface area contributed by atoms with Gasteiger partial charge in [0.15, 0.2) is 0 Å². The molecule has 0 fully saturated rings. The molecule has 4 nitrogen and oxygen atoms in total. The second-order valence-electron chi connectivity index (χ2n) is 6.09. The molecule has 0 saturated carbocycles. The lowest BCUT2D eigenvalue weighted by Gasteiger charge is -2.21. The molecule has 0 amide bonds. The van der Waals surface area contributed by atoms with Crippen LogP contribution in [-0.2, 0) is 15.4 Å². The SMILES string of the molecule is CC(C#N)CN(C)S(=O)(=O)c1ccc(C(C)(C)C)cc1. The molecule has 0 spiro atoms. The Morgan fingerprint density at radius 3 is 2.15 bits per heavy atom. The second-order valence-corrected chi connectivity index (χ2v) is 8.13. The van der Waals surface area contributed by atoms with Gasteiger partial charge in [-0.05, 0) is 30.0 Å². The molecule has 0 N–H and O–H groups in total. The fraction of sp³-hybridized carbons (Fsp3) is 0.533. The Bertz CT molecular complexity index is 592. The number of nitriles is 1. The number of sulfonamides is 1. The van der Waals surface area contributed by atoms with E-state index >= 15 is 0 Å². The predicted octanol–water partition coefficient (Wildman–Crippen LogP) is 2.76.